The van der Waals surface area contributed by atoms with Crippen molar-refractivity contribution >= 4 is 7.67 Å². The summed E-state index contributed by atoms with van der Waals surface area (Å²) in [5.74, 6) is 1.04. The van der Waals surface area contributed by atoms with Crippen molar-refractivity contribution < 1.29 is 22.3 Å². The van der Waals surface area contributed by atoms with Gasteiger partial charge in [-0.3, -0.25) is 9.09 Å². The molecule has 0 N–H and O–H groups in total. The van der Waals surface area contributed by atoms with E-state index in [-0.39, 0.29) is 0 Å². The number of alkyl halides is 3. The van der Waals surface area contributed by atoms with Gasteiger partial charge in [0.05, 0.1) is 0 Å². The minimum Gasteiger partial charge on any atom is -0.296 e. The molecule has 0 bridgehead atoms. The molecule has 130 valence electrons. The highest BCUT2D eigenvalue weighted by Crippen LogP contribution is 2.57. The molecule has 0 aromatic rings. The zero-order valence-electron chi connectivity index (χ0n) is 13.3. The standard InChI is InChI=1S/C14H26F3N2O2P/c1-12-3-7-18(8-4-12)22(20,21-11-14(15,16)17)19-9-5-13(2)6-10-19/h12-13H,3-11H2,1-2H3. The van der Waals surface area contributed by atoms with Crippen LogP contribution in [-0.4, -0.2) is 48.3 Å². The molecule has 0 aliphatic carbocycles. The topological polar surface area (TPSA) is 32.8 Å². The second kappa shape index (κ2) is 7.20. The van der Waals surface area contributed by atoms with Gasteiger partial charge >= 0.3 is 13.8 Å². The lowest BCUT2D eigenvalue weighted by atomic mass is 10.0. The van der Waals surface area contributed by atoms with E-state index in [2.05, 4.69) is 13.8 Å². The molecule has 2 heterocycles. The molecule has 4 nitrogen and oxygen atoms in total. The Kier molecular flexibility index (Phi) is 5.97. The van der Waals surface area contributed by atoms with E-state index in [4.69, 9.17) is 4.52 Å². The van der Waals surface area contributed by atoms with Crippen LogP contribution < -0.4 is 0 Å². The number of rotatable bonds is 4. The van der Waals surface area contributed by atoms with Crippen molar-refractivity contribution in [2.45, 2.75) is 45.7 Å². The van der Waals surface area contributed by atoms with Crippen molar-refractivity contribution in [2.75, 3.05) is 32.8 Å². The molecule has 0 aromatic carbocycles. The number of hydrogen-bond donors (Lipinski definition) is 0. The molecule has 0 aromatic heterocycles. The summed E-state index contributed by atoms with van der Waals surface area (Å²) < 4.78 is 59.3. The molecule has 2 rings (SSSR count). The van der Waals surface area contributed by atoms with E-state index in [1.807, 2.05) is 0 Å². The van der Waals surface area contributed by atoms with Crippen LogP contribution in [0.4, 0.5) is 13.2 Å². The van der Waals surface area contributed by atoms with Crippen LogP contribution in [0.5, 0.6) is 0 Å². The van der Waals surface area contributed by atoms with Gasteiger partial charge in [0, 0.05) is 26.2 Å². The molecule has 2 fully saturated rings. The number of halogens is 3. The fourth-order valence-corrected chi connectivity index (χ4v) is 5.47. The molecular formula is C14H26F3N2O2P. The van der Waals surface area contributed by atoms with Gasteiger partial charge in [0.25, 0.3) is 0 Å². The van der Waals surface area contributed by atoms with E-state index in [1.165, 1.54) is 0 Å². The Morgan fingerprint density at radius 1 is 0.955 bits per heavy atom. The Morgan fingerprint density at radius 3 is 1.64 bits per heavy atom. The van der Waals surface area contributed by atoms with Crippen molar-refractivity contribution in [3.63, 3.8) is 0 Å². The molecule has 2 saturated heterocycles. The largest absolute Gasteiger partial charge is 0.412 e. The average molecular weight is 342 g/mol. The van der Waals surface area contributed by atoms with Crippen molar-refractivity contribution in [1.29, 1.82) is 0 Å². The predicted octanol–water partition coefficient (Wildman–Crippen LogP) is 4.14. The van der Waals surface area contributed by atoms with Gasteiger partial charge in [-0.05, 0) is 37.5 Å². The zero-order chi connectivity index (χ0) is 16.4. The highest BCUT2D eigenvalue weighted by molar-refractivity contribution is 7.54. The van der Waals surface area contributed by atoms with Gasteiger partial charge in [0.2, 0.25) is 0 Å². The normalized spacial score (nSPS) is 24.8. The molecule has 0 atom stereocenters. The third-order valence-electron chi connectivity index (χ3n) is 4.63. The Hall–Kier alpha value is -0.100. The molecule has 0 unspecified atom stereocenters. The van der Waals surface area contributed by atoms with Crippen molar-refractivity contribution in [1.82, 2.24) is 9.34 Å². The molecule has 2 aliphatic heterocycles. The van der Waals surface area contributed by atoms with Crippen LogP contribution in [0.3, 0.4) is 0 Å². The molecule has 2 aliphatic rings. The Balaban J connectivity index is 2.10. The van der Waals surface area contributed by atoms with Gasteiger partial charge in [0.15, 0.2) is 6.61 Å². The fourth-order valence-electron chi connectivity index (χ4n) is 2.99. The Morgan fingerprint density at radius 2 is 1.32 bits per heavy atom. The predicted molar refractivity (Wildman–Crippen MR) is 79.6 cm³/mol. The van der Waals surface area contributed by atoms with E-state index >= 15 is 0 Å². The maximum atomic E-state index is 13.3. The lowest BCUT2D eigenvalue weighted by Crippen LogP contribution is -2.41. The van der Waals surface area contributed by atoms with Gasteiger partial charge in [-0.25, -0.2) is 9.34 Å². The first kappa shape index (κ1) is 18.2. The van der Waals surface area contributed by atoms with Crippen LogP contribution in [0.2, 0.25) is 0 Å². The number of hydrogen-bond acceptors (Lipinski definition) is 2. The fraction of sp³-hybridized carbons (Fsp3) is 1.00. The summed E-state index contributed by atoms with van der Waals surface area (Å²) in [6, 6.07) is 0. The van der Waals surface area contributed by atoms with E-state index in [0.29, 0.717) is 38.0 Å². The van der Waals surface area contributed by atoms with Crippen molar-refractivity contribution in [2.24, 2.45) is 11.8 Å². The third-order valence-corrected chi connectivity index (χ3v) is 7.33. The maximum absolute atomic E-state index is 13.3. The second-order valence-corrected chi connectivity index (χ2v) is 9.02. The quantitative estimate of drug-likeness (QED) is 0.719. The van der Waals surface area contributed by atoms with E-state index in [1.54, 1.807) is 9.34 Å². The SMILES string of the molecule is CC1CCN(P(=O)(OCC(F)(F)F)N2CCC(C)CC2)CC1. The Labute approximate surface area is 130 Å². The highest BCUT2D eigenvalue weighted by Gasteiger charge is 2.44. The first-order chi connectivity index (χ1) is 10.2. The van der Waals surface area contributed by atoms with E-state index in [9.17, 15) is 17.7 Å². The van der Waals surface area contributed by atoms with Crippen LogP contribution in [0.15, 0.2) is 0 Å². The van der Waals surface area contributed by atoms with Crippen LogP contribution in [0, 0.1) is 11.8 Å². The summed E-state index contributed by atoms with van der Waals surface area (Å²) in [5, 5.41) is 0. The first-order valence-electron chi connectivity index (χ1n) is 8.03. The van der Waals surface area contributed by atoms with Crippen LogP contribution in [0.1, 0.15) is 39.5 Å². The molecule has 0 amide bonds. The first-order valence-corrected chi connectivity index (χ1v) is 9.56. The van der Waals surface area contributed by atoms with Gasteiger partial charge in [-0.1, -0.05) is 13.8 Å². The molecule has 0 radical (unpaired) electrons. The number of nitrogens with zero attached hydrogens (tertiary/aromatic N) is 2. The van der Waals surface area contributed by atoms with E-state index in [0.717, 1.165) is 25.7 Å². The molecule has 22 heavy (non-hydrogen) atoms. The summed E-state index contributed by atoms with van der Waals surface area (Å²) in [5.41, 5.74) is 0. The van der Waals surface area contributed by atoms with E-state index < -0.39 is 20.5 Å². The molecular weight excluding hydrogens is 316 g/mol. The van der Waals surface area contributed by atoms with Gasteiger partial charge in [0.1, 0.15) is 0 Å². The summed E-state index contributed by atoms with van der Waals surface area (Å²) in [4.78, 5) is 0. The summed E-state index contributed by atoms with van der Waals surface area (Å²) in [7, 11) is -3.57. The highest BCUT2D eigenvalue weighted by atomic mass is 31.2. The summed E-state index contributed by atoms with van der Waals surface area (Å²) >= 11 is 0. The summed E-state index contributed by atoms with van der Waals surface area (Å²) in [6.07, 6.45) is -1.05. The average Bonchev–Trinajstić information content (AvgIpc) is 2.45. The molecule has 8 heteroatoms. The Bertz CT molecular complexity index is 377. The zero-order valence-corrected chi connectivity index (χ0v) is 14.2. The third kappa shape index (κ3) is 4.70. The lowest BCUT2D eigenvalue weighted by Gasteiger charge is -2.43. The molecule has 0 spiro atoms. The summed E-state index contributed by atoms with van der Waals surface area (Å²) in [6.45, 7) is 4.96. The lowest BCUT2D eigenvalue weighted by molar-refractivity contribution is -0.155. The van der Waals surface area contributed by atoms with Crippen molar-refractivity contribution in [3.8, 4) is 0 Å². The van der Waals surface area contributed by atoms with Crippen molar-refractivity contribution in [3.05, 3.63) is 0 Å². The smallest absolute Gasteiger partial charge is 0.296 e. The monoisotopic (exact) mass is 342 g/mol. The van der Waals surface area contributed by atoms with Gasteiger partial charge < -0.3 is 0 Å². The van der Waals surface area contributed by atoms with Crippen LogP contribution in [-0.2, 0) is 9.09 Å². The second-order valence-electron chi connectivity index (χ2n) is 6.65. The van der Waals surface area contributed by atoms with Gasteiger partial charge in [-0.2, -0.15) is 13.2 Å². The van der Waals surface area contributed by atoms with Crippen LogP contribution in [0.25, 0.3) is 0 Å². The number of piperidine rings is 2. The minimum absolute atomic E-state index is 0.522. The van der Waals surface area contributed by atoms with Crippen LogP contribution >= 0.6 is 7.67 Å². The maximum Gasteiger partial charge on any atom is 0.412 e. The minimum atomic E-state index is -4.46. The molecule has 0 saturated carbocycles. The van der Waals surface area contributed by atoms with Gasteiger partial charge in [-0.15, -0.1) is 0 Å².